The highest BCUT2D eigenvalue weighted by molar-refractivity contribution is 8.00. The zero-order valence-electron chi connectivity index (χ0n) is 14.8. The lowest BCUT2D eigenvalue weighted by Gasteiger charge is -2.28. The van der Waals surface area contributed by atoms with Gasteiger partial charge in [0.05, 0.1) is 0 Å². The molecule has 0 aromatic heterocycles. The number of amides is 2. The van der Waals surface area contributed by atoms with Crippen LogP contribution in [0.25, 0.3) is 0 Å². The molecule has 0 spiro atoms. The Bertz CT molecular complexity index is 365. The van der Waals surface area contributed by atoms with E-state index in [4.69, 9.17) is 0 Å². The van der Waals surface area contributed by atoms with Crippen LogP contribution in [-0.4, -0.2) is 46.6 Å². The molecule has 0 fully saturated rings. The lowest BCUT2D eigenvalue weighted by Crippen LogP contribution is -2.44. The largest absolute Gasteiger partial charge is 0.383 e. The van der Waals surface area contributed by atoms with Crippen molar-refractivity contribution in [2.75, 3.05) is 18.8 Å². The van der Waals surface area contributed by atoms with Gasteiger partial charge in [0.1, 0.15) is 6.10 Å². The standard InChI is InChI=1S/C16H32N2O3S/c1-7-16(5,6)13(20)14(21)18-9-8-12(19)17-10-11-22-15(2,3)4/h13,20H,7-11H2,1-6H3,(H,17,19)(H,18,21). The minimum atomic E-state index is -1.05. The third kappa shape index (κ3) is 9.30. The van der Waals surface area contributed by atoms with Crippen LogP contribution in [0.4, 0.5) is 0 Å². The van der Waals surface area contributed by atoms with Crippen molar-refractivity contribution >= 4 is 23.6 Å². The Morgan fingerprint density at radius 1 is 1.09 bits per heavy atom. The van der Waals surface area contributed by atoms with Crippen LogP contribution in [-0.2, 0) is 9.59 Å². The number of hydrogen-bond donors (Lipinski definition) is 3. The van der Waals surface area contributed by atoms with Gasteiger partial charge >= 0.3 is 0 Å². The number of aliphatic hydroxyl groups excluding tert-OH is 1. The third-order valence-electron chi connectivity index (χ3n) is 3.51. The van der Waals surface area contributed by atoms with Gasteiger partial charge < -0.3 is 15.7 Å². The number of nitrogens with one attached hydrogen (secondary N) is 2. The van der Waals surface area contributed by atoms with Crippen LogP contribution in [0.3, 0.4) is 0 Å². The first-order chi connectivity index (χ1) is 9.99. The Labute approximate surface area is 139 Å². The SMILES string of the molecule is CCC(C)(C)C(O)C(=O)NCCC(=O)NCCSC(C)(C)C. The molecule has 0 aliphatic heterocycles. The Morgan fingerprint density at radius 2 is 1.68 bits per heavy atom. The third-order valence-corrected chi connectivity index (χ3v) is 4.78. The fourth-order valence-electron chi connectivity index (χ4n) is 1.58. The fourth-order valence-corrected chi connectivity index (χ4v) is 2.40. The minimum Gasteiger partial charge on any atom is -0.383 e. The van der Waals surface area contributed by atoms with E-state index in [9.17, 15) is 14.7 Å². The fraction of sp³-hybridized carbons (Fsp3) is 0.875. The van der Waals surface area contributed by atoms with Crippen molar-refractivity contribution in [1.82, 2.24) is 10.6 Å². The van der Waals surface area contributed by atoms with Crippen LogP contribution >= 0.6 is 11.8 Å². The van der Waals surface area contributed by atoms with E-state index in [-0.39, 0.29) is 23.6 Å². The summed E-state index contributed by atoms with van der Waals surface area (Å²) < 4.78 is 0.195. The summed E-state index contributed by atoms with van der Waals surface area (Å²) in [6, 6.07) is 0. The highest BCUT2D eigenvalue weighted by atomic mass is 32.2. The molecule has 0 aliphatic rings. The van der Waals surface area contributed by atoms with Crippen molar-refractivity contribution in [3.05, 3.63) is 0 Å². The molecule has 0 saturated heterocycles. The van der Waals surface area contributed by atoms with E-state index in [2.05, 4.69) is 31.4 Å². The monoisotopic (exact) mass is 332 g/mol. The second-order valence-corrected chi connectivity index (χ2v) is 9.02. The van der Waals surface area contributed by atoms with Crippen molar-refractivity contribution in [1.29, 1.82) is 0 Å². The predicted molar refractivity (Wildman–Crippen MR) is 92.9 cm³/mol. The van der Waals surface area contributed by atoms with Crippen LogP contribution in [0.5, 0.6) is 0 Å². The molecule has 0 saturated carbocycles. The Kier molecular flexibility index (Phi) is 9.08. The number of carbonyl (C=O) groups is 2. The van der Waals surface area contributed by atoms with Crippen LogP contribution in [0.15, 0.2) is 0 Å². The molecule has 3 N–H and O–H groups in total. The topological polar surface area (TPSA) is 78.4 Å². The van der Waals surface area contributed by atoms with Crippen LogP contribution in [0.1, 0.15) is 54.4 Å². The number of thioether (sulfide) groups is 1. The van der Waals surface area contributed by atoms with Gasteiger partial charge in [-0.25, -0.2) is 0 Å². The van der Waals surface area contributed by atoms with Gasteiger partial charge in [-0.15, -0.1) is 0 Å². The van der Waals surface area contributed by atoms with Crippen molar-refractivity contribution in [2.45, 2.75) is 65.2 Å². The van der Waals surface area contributed by atoms with Crippen LogP contribution in [0.2, 0.25) is 0 Å². The van der Waals surface area contributed by atoms with Crippen molar-refractivity contribution in [3.63, 3.8) is 0 Å². The van der Waals surface area contributed by atoms with Crippen molar-refractivity contribution in [3.8, 4) is 0 Å². The lowest BCUT2D eigenvalue weighted by atomic mass is 9.83. The average Bonchev–Trinajstić information content (AvgIpc) is 2.41. The van der Waals surface area contributed by atoms with Gasteiger partial charge in [0, 0.05) is 30.0 Å². The highest BCUT2D eigenvalue weighted by Crippen LogP contribution is 2.24. The molecule has 130 valence electrons. The predicted octanol–water partition coefficient (Wildman–Crippen LogP) is 1.94. The van der Waals surface area contributed by atoms with Crippen LogP contribution in [0, 0.1) is 5.41 Å². The highest BCUT2D eigenvalue weighted by Gasteiger charge is 2.31. The molecule has 0 aromatic carbocycles. The minimum absolute atomic E-state index is 0.0842. The van der Waals surface area contributed by atoms with Crippen molar-refractivity contribution in [2.24, 2.45) is 5.41 Å². The zero-order chi connectivity index (χ0) is 17.4. The summed E-state index contributed by atoms with van der Waals surface area (Å²) >= 11 is 1.80. The maximum Gasteiger partial charge on any atom is 0.249 e. The summed E-state index contributed by atoms with van der Waals surface area (Å²) in [7, 11) is 0. The normalized spacial score (nSPS) is 13.6. The second kappa shape index (κ2) is 9.40. The Balaban J connectivity index is 3.87. The molecule has 6 heteroatoms. The molecule has 0 bridgehead atoms. The van der Waals surface area contributed by atoms with Gasteiger partial charge in [0.15, 0.2) is 0 Å². The summed E-state index contributed by atoms with van der Waals surface area (Å²) in [6.45, 7) is 12.9. The second-order valence-electron chi connectivity index (χ2n) is 7.10. The van der Waals surface area contributed by atoms with E-state index in [1.54, 1.807) is 11.8 Å². The lowest BCUT2D eigenvalue weighted by molar-refractivity contribution is -0.135. The molecule has 0 aromatic rings. The molecule has 22 heavy (non-hydrogen) atoms. The number of carbonyl (C=O) groups excluding carboxylic acids is 2. The molecule has 0 aliphatic carbocycles. The maximum absolute atomic E-state index is 11.8. The molecule has 2 amide bonds. The first-order valence-electron chi connectivity index (χ1n) is 7.86. The first-order valence-corrected chi connectivity index (χ1v) is 8.84. The smallest absolute Gasteiger partial charge is 0.249 e. The average molecular weight is 333 g/mol. The summed E-state index contributed by atoms with van der Waals surface area (Å²) in [6.07, 6.45) is -0.123. The molecular weight excluding hydrogens is 300 g/mol. The molecule has 0 radical (unpaired) electrons. The van der Waals surface area contributed by atoms with E-state index in [1.165, 1.54) is 0 Å². The maximum atomic E-state index is 11.8. The quantitative estimate of drug-likeness (QED) is 0.564. The first kappa shape index (κ1) is 21.2. The molecule has 1 unspecified atom stereocenters. The van der Waals surface area contributed by atoms with Gasteiger partial charge in [-0.05, 0) is 11.8 Å². The van der Waals surface area contributed by atoms with E-state index in [1.807, 2.05) is 20.8 Å². The van der Waals surface area contributed by atoms with Crippen molar-refractivity contribution < 1.29 is 14.7 Å². The van der Waals surface area contributed by atoms with E-state index < -0.39 is 17.4 Å². The summed E-state index contributed by atoms with van der Waals surface area (Å²) in [4.78, 5) is 23.4. The summed E-state index contributed by atoms with van der Waals surface area (Å²) in [5.41, 5.74) is -0.462. The van der Waals surface area contributed by atoms with E-state index in [0.29, 0.717) is 13.0 Å². The molecular formula is C16H32N2O3S. The van der Waals surface area contributed by atoms with Gasteiger partial charge in [-0.1, -0.05) is 41.5 Å². The Hall–Kier alpha value is -0.750. The molecule has 0 heterocycles. The number of aliphatic hydroxyl groups is 1. The summed E-state index contributed by atoms with van der Waals surface area (Å²) in [5, 5.41) is 15.4. The number of hydrogen-bond acceptors (Lipinski definition) is 4. The zero-order valence-corrected chi connectivity index (χ0v) is 15.6. The Morgan fingerprint density at radius 3 is 2.18 bits per heavy atom. The molecule has 1 atom stereocenters. The van der Waals surface area contributed by atoms with Gasteiger partial charge in [-0.2, -0.15) is 11.8 Å². The van der Waals surface area contributed by atoms with E-state index in [0.717, 1.165) is 5.75 Å². The van der Waals surface area contributed by atoms with E-state index >= 15 is 0 Å². The molecule has 5 nitrogen and oxygen atoms in total. The van der Waals surface area contributed by atoms with Gasteiger partial charge in [0.25, 0.3) is 0 Å². The molecule has 0 rings (SSSR count). The summed E-state index contributed by atoms with van der Waals surface area (Å²) in [5.74, 6) is 0.368. The number of rotatable bonds is 9. The van der Waals surface area contributed by atoms with Gasteiger partial charge in [0.2, 0.25) is 11.8 Å². The van der Waals surface area contributed by atoms with Gasteiger partial charge in [-0.3, -0.25) is 9.59 Å². The van der Waals surface area contributed by atoms with Crippen LogP contribution < -0.4 is 10.6 Å².